The predicted octanol–water partition coefficient (Wildman–Crippen LogP) is 5.94. The maximum atomic E-state index is 12.7. The summed E-state index contributed by atoms with van der Waals surface area (Å²) in [5, 5.41) is 12.2. The molecule has 0 aliphatic carbocycles. The summed E-state index contributed by atoms with van der Waals surface area (Å²) < 4.78 is 0.0155. The lowest BCUT2D eigenvalue weighted by atomic mass is 10.0. The van der Waals surface area contributed by atoms with Crippen LogP contribution in [0.15, 0.2) is 102 Å². The van der Waals surface area contributed by atoms with Crippen LogP contribution in [0, 0.1) is 0 Å². The van der Waals surface area contributed by atoms with Crippen LogP contribution in [-0.2, 0) is 4.79 Å². The molecular weight excluding hydrogens is 368 g/mol. The highest BCUT2D eigenvalue weighted by Crippen LogP contribution is 2.51. The summed E-state index contributed by atoms with van der Waals surface area (Å²) in [5.41, 5.74) is 4.80. The Morgan fingerprint density at radius 1 is 0.786 bits per heavy atom. The van der Waals surface area contributed by atoms with Crippen molar-refractivity contribution in [1.82, 2.24) is 9.47 Å². The molecule has 1 aromatic heterocycles. The van der Waals surface area contributed by atoms with E-state index in [1.165, 1.54) is 11.3 Å². The van der Waals surface area contributed by atoms with E-state index in [9.17, 15) is 9.90 Å². The molecule has 1 heterocycles. The summed E-state index contributed by atoms with van der Waals surface area (Å²) in [6, 6.07) is 28.4. The second-order valence-electron chi connectivity index (χ2n) is 6.38. The lowest BCUT2D eigenvalue weighted by Crippen LogP contribution is -2.46. The molecule has 0 amide bonds. The largest absolute Gasteiger partial charge is 0.476 e. The van der Waals surface area contributed by atoms with E-state index in [0.29, 0.717) is 5.69 Å². The van der Waals surface area contributed by atoms with E-state index in [2.05, 4.69) is 4.98 Å². The standard InChI is InChI=1S/C23H18N2O2S/c26-23(27)22(21-16-28-17-24-21)25(18-10-4-1-5-11-18,19-12-6-2-7-13-19)20-14-8-3-9-15-20/h1-17,22H/p+1. The SMILES string of the molecule is O=C(O)C(c1cscn1)[N+](c1ccccc1)(c1ccccc1)c1ccccc1. The van der Waals surface area contributed by atoms with Gasteiger partial charge in [0.1, 0.15) is 22.8 Å². The van der Waals surface area contributed by atoms with Crippen molar-refractivity contribution >= 4 is 34.4 Å². The molecule has 5 heteroatoms. The number of hydrogen-bond acceptors (Lipinski definition) is 3. The van der Waals surface area contributed by atoms with Crippen molar-refractivity contribution in [1.29, 1.82) is 0 Å². The summed E-state index contributed by atoms with van der Waals surface area (Å²) in [6.07, 6.45) is 0. The molecular formula is C23H19N2O2S+. The van der Waals surface area contributed by atoms with Crippen molar-refractivity contribution < 1.29 is 9.90 Å². The summed E-state index contributed by atoms with van der Waals surface area (Å²) in [4.78, 5) is 17.1. The predicted molar refractivity (Wildman–Crippen MR) is 113 cm³/mol. The van der Waals surface area contributed by atoms with Gasteiger partial charge in [-0.15, -0.1) is 11.3 Å². The van der Waals surface area contributed by atoms with Crippen LogP contribution < -0.4 is 4.48 Å². The molecule has 0 bridgehead atoms. The van der Waals surface area contributed by atoms with Crippen LogP contribution in [0.4, 0.5) is 17.1 Å². The number of nitrogens with zero attached hydrogens (tertiary/aromatic N) is 2. The normalized spacial score (nSPS) is 12.4. The number of carbonyl (C=O) groups is 1. The van der Waals surface area contributed by atoms with Crippen molar-refractivity contribution in [2.75, 3.05) is 0 Å². The third kappa shape index (κ3) is 3.01. The Balaban J connectivity index is 2.14. The topological polar surface area (TPSA) is 50.2 Å². The second-order valence-corrected chi connectivity index (χ2v) is 7.10. The first-order valence-corrected chi connectivity index (χ1v) is 9.85. The Labute approximate surface area is 167 Å². The van der Waals surface area contributed by atoms with Crippen LogP contribution in [-0.4, -0.2) is 16.1 Å². The molecule has 4 nitrogen and oxygen atoms in total. The molecule has 138 valence electrons. The third-order valence-corrected chi connectivity index (χ3v) is 5.45. The molecule has 0 saturated heterocycles. The monoisotopic (exact) mass is 387 g/mol. The molecule has 1 atom stereocenters. The van der Waals surface area contributed by atoms with Gasteiger partial charge in [0, 0.05) is 41.8 Å². The van der Waals surface area contributed by atoms with Crippen LogP contribution >= 0.6 is 11.3 Å². The van der Waals surface area contributed by atoms with Gasteiger partial charge in [0.2, 0.25) is 6.04 Å². The Bertz CT molecular complexity index is 939. The number of aromatic nitrogens is 1. The first kappa shape index (κ1) is 18.1. The van der Waals surface area contributed by atoms with Crippen LogP contribution in [0.3, 0.4) is 0 Å². The molecule has 0 spiro atoms. The fourth-order valence-electron chi connectivity index (χ4n) is 3.73. The minimum atomic E-state index is -0.932. The highest BCUT2D eigenvalue weighted by molar-refractivity contribution is 7.07. The molecule has 1 N–H and O–H groups in total. The van der Waals surface area contributed by atoms with Crippen LogP contribution in [0.1, 0.15) is 11.7 Å². The molecule has 0 fully saturated rings. The van der Waals surface area contributed by atoms with Gasteiger partial charge in [-0.1, -0.05) is 54.6 Å². The van der Waals surface area contributed by atoms with E-state index in [-0.39, 0.29) is 4.48 Å². The molecule has 4 aromatic rings. The number of hydrogen-bond donors (Lipinski definition) is 1. The molecule has 3 aromatic carbocycles. The Kier molecular flexibility index (Phi) is 5.02. The van der Waals surface area contributed by atoms with Crippen molar-refractivity contribution in [2.45, 2.75) is 6.04 Å². The summed E-state index contributed by atoms with van der Waals surface area (Å²) in [6.45, 7) is 0. The second kappa shape index (κ2) is 7.76. The number of para-hydroxylation sites is 3. The van der Waals surface area contributed by atoms with Gasteiger partial charge in [-0.2, -0.15) is 0 Å². The van der Waals surface area contributed by atoms with Crippen LogP contribution in [0.5, 0.6) is 0 Å². The number of carboxylic acids is 1. The van der Waals surface area contributed by atoms with Gasteiger partial charge in [0.05, 0.1) is 5.51 Å². The highest BCUT2D eigenvalue weighted by Gasteiger charge is 2.50. The first-order chi connectivity index (χ1) is 13.7. The molecule has 0 aliphatic rings. The van der Waals surface area contributed by atoms with E-state index < -0.39 is 12.0 Å². The minimum absolute atomic E-state index is 0.0155. The average Bonchev–Trinajstić information content (AvgIpc) is 3.27. The number of rotatable bonds is 6. The summed E-state index contributed by atoms with van der Waals surface area (Å²) >= 11 is 1.40. The molecule has 0 saturated carbocycles. The molecule has 4 rings (SSSR count). The van der Waals surface area contributed by atoms with E-state index >= 15 is 0 Å². The van der Waals surface area contributed by atoms with Crippen LogP contribution in [0.25, 0.3) is 0 Å². The third-order valence-electron chi connectivity index (χ3n) is 4.84. The van der Waals surface area contributed by atoms with Gasteiger partial charge in [-0.3, -0.25) is 0 Å². The lowest BCUT2D eigenvalue weighted by molar-refractivity contribution is -0.141. The Hall–Kier alpha value is -3.28. The number of carboxylic acid groups (broad SMARTS) is 1. The Morgan fingerprint density at radius 2 is 1.21 bits per heavy atom. The van der Waals surface area contributed by atoms with Crippen molar-refractivity contribution in [3.05, 3.63) is 108 Å². The maximum Gasteiger partial charge on any atom is 0.370 e. The van der Waals surface area contributed by atoms with Gasteiger partial charge in [0.25, 0.3) is 0 Å². The van der Waals surface area contributed by atoms with Crippen molar-refractivity contribution in [3.8, 4) is 0 Å². The molecule has 1 unspecified atom stereocenters. The quantitative estimate of drug-likeness (QED) is 0.417. The minimum Gasteiger partial charge on any atom is -0.476 e. The fraction of sp³-hybridized carbons (Fsp3) is 0.0435. The lowest BCUT2D eigenvalue weighted by Gasteiger charge is -2.41. The van der Waals surface area contributed by atoms with E-state index in [1.54, 1.807) is 5.51 Å². The summed E-state index contributed by atoms with van der Waals surface area (Å²) in [7, 11) is 0. The van der Waals surface area contributed by atoms with Gasteiger partial charge in [-0.05, 0) is 0 Å². The van der Waals surface area contributed by atoms with Gasteiger partial charge < -0.3 is 5.11 Å². The number of thiazole rings is 1. The highest BCUT2D eigenvalue weighted by atomic mass is 32.1. The van der Waals surface area contributed by atoms with Gasteiger partial charge in [0.15, 0.2) is 0 Å². The zero-order chi connectivity index (χ0) is 19.4. The zero-order valence-electron chi connectivity index (χ0n) is 15.1. The zero-order valence-corrected chi connectivity index (χ0v) is 15.9. The fourth-order valence-corrected chi connectivity index (χ4v) is 4.30. The van der Waals surface area contributed by atoms with E-state index in [1.807, 2.05) is 96.4 Å². The van der Waals surface area contributed by atoms with Gasteiger partial charge >= 0.3 is 5.97 Å². The maximum absolute atomic E-state index is 12.7. The summed E-state index contributed by atoms with van der Waals surface area (Å²) in [5.74, 6) is -0.928. The molecule has 0 aliphatic heterocycles. The van der Waals surface area contributed by atoms with Crippen molar-refractivity contribution in [2.24, 2.45) is 0 Å². The van der Waals surface area contributed by atoms with Crippen LogP contribution in [0.2, 0.25) is 0 Å². The number of quaternary nitrogens is 1. The Morgan fingerprint density at radius 3 is 1.54 bits per heavy atom. The average molecular weight is 387 g/mol. The molecule has 0 radical (unpaired) electrons. The van der Waals surface area contributed by atoms with Crippen molar-refractivity contribution in [3.63, 3.8) is 0 Å². The number of benzene rings is 3. The first-order valence-electron chi connectivity index (χ1n) is 8.91. The molecule has 28 heavy (non-hydrogen) atoms. The van der Waals surface area contributed by atoms with E-state index in [4.69, 9.17) is 0 Å². The van der Waals surface area contributed by atoms with Gasteiger partial charge in [-0.25, -0.2) is 14.3 Å². The number of aliphatic carboxylic acids is 1. The smallest absolute Gasteiger partial charge is 0.370 e. The van der Waals surface area contributed by atoms with E-state index in [0.717, 1.165) is 17.1 Å².